The van der Waals surface area contributed by atoms with Crippen LogP contribution < -0.4 is 9.47 Å². The van der Waals surface area contributed by atoms with Crippen molar-refractivity contribution in [1.82, 2.24) is 0 Å². The van der Waals surface area contributed by atoms with E-state index < -0.39 is 0 Å². The average Bonchev–Trinajstić information content (AvgIpc) is 2.42. The summed E-state index contributed by atoms with van der Waals surface area (Å²) >= 11 is 0. The van der Waals surface area contributed by atoms with Gasteiger partial charge in [0.1, 0.15) is 12.4 Å². The van der Waals surface area contributed by atoms with E-state index in [1.54, 1.807) is 24.3 Å². The van der Waals surface area contributed by atoms with Gasteiger partial charge in [0.15, 0.2) is 17.3 Å². The van der Waals surface area contributed by atoms with E-state index >= 15 is 0 Å². The van der Waals surface area contributed by atoms with Gasteiger partial charge in [-0.1, -0.05) is 18.1 Å². The Kier molecular flexibility index (Phi) is 5.92. The predicted octanol–water partition coefficient (Wildman–Crippen LogP) is 2.75. The fourth-order valence-electron chi connectivity index (χ4n) is 1.46. The number of hydrogen-bond donors (Lipinski definition) is 1. The first-order valence-corrected chi connectivity index (χ1v) is 5.90. The van der Waals surface area contributed by atoms with Crippen LogP contribution in [0.1, 0.15) is 12.5 Å². The minimum Gasteiger partial charge on any atom is -0.508 e. The molecule has 0 aliphatic carbocycles. The number of aliphatic hydroxyl groups excluding tert-OH is 1. The number of carbonyl (C=O) groups is 1. The lowest BCUT2D eigenvalue weighted by Gasteiger charge is -2.09. The number of terminal acetylenes is 1. The number of carbonyl (C=O) groups excluding carboxylic acids is 1. The fourth-order valence-corrected chi connectivity index (χ4v) is 1.46. The zero-order valence-electron chi connectivity index (χ0n) is 11.4. The fraction of sp³-hybridized carbons (Fsp3) is 0.188. The number of ketones is 1. The molecule has 0 aromatic heterocycles. The van der Waals surface area contributed by atoms with E-state index in [4.69, 9.17) is 15.9 Å². The van der Waals surface area contributed by atoms with Crippen molar-refractivity contribution in [3.63, 3.8) is 0 Å². The summed E-state index contributed by atoms with van der Waals surface area (Å²) in [5.74, 6) is 3.14. The number of aliphatic hydroxyl groups is 1. The first-order valence-electron chi connectivity index (χ1n) is 5.90. The minimum atomic E-state index is -0.220. The molecule has 1 rings (SSSR count). The van der Waals surface area contributed by atoms with Crippen molar-refractivity contribution in [2.45, 2.75) is 6.92 Å². The molecule has 0 saturated carbocycles. The van der Waals surface area contributed by atoms with Crippen LogP contribution in [0.5, 0.6) is 11.5 Å². The molecule has 20 heavy (non-hydrogen) atoms. The quantitative estimate of drug-likeness (QED) is 0.374. The molecule has 0 unspecified atom stereocenters. The molecule has 4 heteroatoms. The Bertz CT molecular complexity index is 577. The molecule has 104 valence electrons. The Morgan fingerprint density at radius 1 is 1.45 bits per heavy atom. The highest BCUT2D eigenvalue weighted by Gasteiger charge is 2.04. The van der Waals surface area contributed by atoms with Gasteiger partial charge in [0.25, 0.3) is 0 Å². The maximum atomic E-state index is 10.8. The van der Waals surface area contributed by atoms with Crippen molar-refractivity contribution >= 4 is 11.9 Å². The van der Waals surface area contributed by atoms with Crippen LogP contribution in [0.2, 0.25) is 0 Å². The van der Waals surface area contributed by atoms with Gasteiger partial charge in [-0.3, -0.25) is 4.79 Å². The highest BCUT2D eigenvalue weighted by atomic mass is 16.5. The summed E-state index contributed by atoms with van der Waals surface area (Å²) < 4.78 is 10.5. The highest BCUT2D eigenvalue weighted by molar-refractivity contribution is 5.88. The van der Waals surface area contributed by atoms with E-state index in [2.05, 4.69) is 5.92 Å². The Labute approximate surface area is 118 Å². The molecule has 0 amide bonds. The van der Waals surface area contributed by atoms with Crippen molar-refractivity contribution in [2.24, 2.45) is 0 Å². The second-order valence-electron chi connectivity index (χ2n) is 3.92. The smallest absolute Gasteiger partial charge is 0.162 e. The molecule has 4 nitrogen and oxygen atoms in total. The number of allylic oxidation sites excluding steroid dienone is 2. The second-order valence-corrected chi connectivity index (χ2v) is 3.92. The van der Waals surface area contributed by atoms with Gasteiger partial charge in [0.2, 0.25) is 0 Å². The van der Waals surface area contributed by atoms with E-state index in [1.807, 2.05) is 0 Å². The molecular formula is C16H16O4. The van der Waals surface area contributed by atoms with Gasteiger partial charge in [0, 0.05) is 6.08 Å². The first-order chi connectivity index (χ1) is 9.56. The highest BCUT2D eigenvalue weighted by Crippen LogP contribution is 2.28. The van der Waals surface area contributed by atoms with Gasteiger partial charge in [-0.05, 0) is 30.7 Å². The van der Waals surface area contributed by atoms with Crippen molar-refractivity contribution < 1.29 is 19.4 Å². The van der Waals surface area contributed by atoms with Crippen molar-refractivity contribution in [2.75, 3.05) is 13.7 Å². The monoisotopic (exact) mass is 272 g/mol. The normalized spacial score (nSPS) is 11.2. The van der Waals surface area contributed by atoms with E-state index in [9.17, 15) is 9.90 Å². The lowest BCUT2D eigenvalue weighted by atomic mass is 10.1. The maximum Gasteiger partial charge on any atom is 0.162 e. The van der Waals surface area contributed by atoms with E-state index in [1.165, 1.54) is 20.1 Å². The van der Waals surface area contributed by atoms with Crippen LogP contribution in [0.25, 0.3) is 6.08 Å². The maximum absolute atomic E-state index is 10.8. The summed E-state index contributed by atoms with van der Waals surface area (Å²) in [6.07, 6.45) is 9.35. The third kappa shape index (κ3) is 4.91. The van der Waals surface area contributed by atoms with Crippen LogP contribution in [0.4, 0.5) is 0 Å². The molecule has 0 radical (unpaired) electrons. The van der Waals surface area contributed by atoms with E-state index in [0.717, 1.165) is 11.6 Å². The summed E-state index contributed by atoms with van der Waals surface area (Å²) in [4.78, 5) is 10.8. The predicted molar refractivity (Wildman–Crippen MR) is 77.7 cm³/mol. The molecule has 0 bridgehead atoms. The van der Waals surface area contributed by atoms with Crippen LogP contribution in [0.3, 0.4) is 0 Å². The molecule has 0 atom stereocenters. The molecule has 1 N–H and O–H groups in total. The molecule has 1 aromatic carbocycles. The van der Waals surface area contributed by atoms with Gasteiger partial charge >= 0.3 is 0 Å². The van der Waals surface area contributed by atoms with Crippen molar-refractivity contribution in [3.8, 4) is 23.8 Å². The van der Waals surface area contributed by atoms with Gasteiger partial charge in [0.05, 0.1) is 7.11 Å². The summed E-state index contributed by atoms with van der Waals surface area (Å²) in [5.41, 5.74) is 0.790. The minimum absolute atomic E-state index is 0.107. The van der Waals surface area contributed by atoms with Gasteiger partial charge < -0.3 is 14.6 Å². The molecule has 0 fully saturated rings. The Balaban J connectivity index is 2.91. The number of benzene rings is 1. The standard InChI is InChI=1S/C16H16O4/c1-4-9-20-15-8-6-13(11-16(15)19-3)5-7-14(18)10-12(2)17/h1,5-8,10-11,18H,9H2,2-3H3/b7-5+,14-10?. The Morgan fingerprint density at radius 3 is 2.80 bits per heavy atom. The van der Waals surface area contributed by atoms with Crippen LogP contribution in [0, 0.1) is 12.3 Å². The number of ether oxygens (including phenoxy) is 2. The van der Waals surface area contributed by atoms with E-state index in [-0.39, 0.29) is 18.1 Å². The molecule has 0 heterocycles. The third-order valence-corrected chi connectivity index (χ3v) is 2.30. The lowest BCUT2D eigenvalue weighted by Crippen LogP contribution is -1.96. The average molecular weight is 272 g/mol. The Morgan fingerprint density at radius 2 is 2.20 bits per heavy atom. The molecule has 0 aliphatic rings. The van der Waals surface area contributed by atoms with Gasteiger partial charge in [-0.15, -0.1) is 6.42 Å². The molecule has 0 aliphatic heterocycles. The van der Waals surface area contributed by atoms with Crippen LogP contribution in [0.15, 0.2) is 36.1 Å². The summed E-state index contributed by atoms with van der Waals surface area (Å²) in [5, 5.41) is 9.45. The van der Waals surface area contributed by atoms with Crippen LogP contribution in [-0.4, -0.2) is 24.6 Å². The van der Waals surface area contributed by atoms with Gasteiger partial charge in [-0.25, -0.2) is 0 Å². The molecule has 0 spiro atoms. The first kappa shape index (κ1) is 15.4. The SMILES string of the molecule is C#CCOc1ccc(/C=C/C(O)=CC(C)=O)cc1OC. The molecular weight excluding hydrogens is 256 g/mol. The number of methoxy groups -OCH3 is 1. The Hall–Kier alpha value is -2.67. The third-order valence-electron chi connectivity index (χ3n) is 2.30. The van der Waals surface area contributed by atoms with Crippen molar-refractivity contribution in [3.05, 3.63) is 41.7 Å². The molecule has 1 aromatic rings. The van der Waals surface area contributed by atoms with Crippen LogP contribution >= 0.6 is 0 Å². The van der Waals surface area contributed by atoms with Crippen molar-refractivity contribution in [1.29, 1.82) is 0 Å². The lowest BCUT2D eigenvalue weighted by molar-refractivity contribution is -0.112. The van der Waals surface area contributed by atoms with Gasteiger partial charge in [-0.2, -0.15) is 0 Å². The van der Waals surface area contributed by atoms with E-state index in [0.29, 0.717) is 11.5 Å². The summed E-state index contributed by atoms with van der Waals surface area (Å²) in [7, 11) is 1.53. The zero-order chi connectivity index (χ0) is 15.0. The number of hydrogen-bond acceptors (Lipinski definition) is 4. The summed E-state index contributed by atoms with van der Waals surface area (Å²) in [6, 6.07) is 5.25. The summed E-state index contributed by atoms with van der Waals surface area (Å²) in [6.45, 7) is 1.53. The number of rotatable bonds is 6. The second kappa shape index (κ2) is 7.70. The largest absolute Gasteiger partial charge is 0.508 e. The van der Waals surface area contributed by atoms with Crippen LogP contribution in [-0.2, 0) is 4.79 Å². The molecule has 0 saturated heterocycles. The zero-order valence-corrected chi connectivity index (χ0v) is 11.4. The topological polar surface area (TPSA) is 55.8 Å².